The quantitative estimate of drug-likeness (QED) is 0.613. The summed E-state index contributed by atoms with van der Waals surface area (Å²) in [6.45, 7) is 3.82. The number of halogens is 1. The number of rotatable bonds is 2. The molecule has 0 aromatic heterocycles. The highest BCUT2D eigenvalue weighted by atomic mass is 19.1. The van der Waals surface area contributed by atoms with Gasteiger partial charge in [0.25, 0.3) is 5.91 Å². The zero-order valence-corrected chi connectivity index (χ0v) is 10.4. The molecule has 1 aromatic rings. The number of benzene rings is 1. The molecule has 0 saturated heterocycles. The Morgan fingerprint density at radius 1 is 1.33 bits per heavy atom. The molecule has 2 unspecified atom stereocenters. The summed E-state index contributed by atoms with van der Waals surface area (Å²) in [5.41, 5.74) is 10.6. The van der Waals surface area contributed by atoms with Crippen LogP contribution >= 0.6 is 0 Å². The van der Waals surface area contributed by atoms with Crippen molar-refractivity contribution < 1.29 is 9.18 Å². The predicted octanol–water partition coefficient (Wildman–Crippen LogP) is 1.37. The van der Waals surface area contributed by atoms with Crippen molar-refractivity contribution in [3.63, 3.8) is 0 Å². The second kappa shape index (κ2) is 4.08. The number of hydrogen-bond acceptors (Lipinski definition) is 1. The molecule has 1 amide bonds. The van der Waals surface area contributed by atoms with Crippen LogP contribution in [0.5, 0.6) is 0 Å². The highest BCUT2D eigenvalue weighted by Crippen LogP contribution is 2.65. The number of carbonyl (C=O) groups excluding carboxylic acids is 1. The average molecular weight is 249 g/mol. The molecule has 0 heterocycles. The van der Waals surface area contributed by atoms with E-state index in [9.17, 15) is 9.18 Å². The fraction of sp³-hybridized carbons (Fsp3) is 0.385. The molecule has 0 aliphatic heterocycles. The van der Waals surface area contributed by atoms with Crippen molar-refractivity contribution in [1.29, 1.82) is 0 Å². The monoisotopic (exact) mass is 249 g/mol. The van der Waals surface area contributed by atoms with Gasteiger partial charge in [-0.1, -0.05) is 32.0 Å². The molecule has 1 fully saturated rings. The van der Waals surface area contributed by atoms with Gasteiger partial charge in [-0.25, -0.2) is 4.39 Å². The summed E-state index contributed by atoms with van der Waals surface area (Å²) in [4.78, 5) is 15.4. The lowest BCUT2D eigenvalue weighted by molar-refractivity contribution is -0.119. The third kappa shape index (κ3) is 1.96. The fourth-order valence-corrected chi connectivity index (χ4v) is 2.60. The van der Waals surface area contributed by atoms with Crippen molar-refractivity contribution in [3.05, 3.63) is 35.6 Å². The lowest BCUT2D eigenvalue weighted by Crippen LogP contribution is -2.25. The maximum absolute atomic E-state index is 13.7. The molecule has 5 heteroatoms. The Hall–Kier alpha value is -1.91. The van der Waals surface area contributed by atoms with E-state index in [-0.39, 0.29) is 34.9 Å². The van der Waals surface area contributed by atoms with E-state index in [4.69, 9.17) is 11.5 Å². The first-order valence-corrected chi connectivity index (χ1v) is 5.73. The van der Waals surface area contributed by atoms with E-state index in [1.165, 1.54) is 6.07 Å². The van der Waals surface area contributed by atoms with E-state index in [0.29, 0.717) is 5.56 Å². The van der Waals surface area contributed by atoms with Crippen molar-refractivity contribution in [1.82, 2.24) is 0 Å². The summed E-state index contributed by atoms with van der Waals surface area (Å²) in [5, 5.41) is 0. The van der Waals surface area contributed by atoms with Gasteiger partial charge in [-0.3, -0.25) is 4.79 Å². The Morgan fingerprint density at radius 2 is 1.94 bits per heavy atom. The Bertz CT molecular complexity index is 521. The van der Waals surface area contributed by atoms with E-state index < -0.39 is 0 Å². The molecule has 0 radical (unpaired) electrons. The predicted molar refractivity (Wildman–Crippen MR) is 67.2 cm³/mol. The Morgan fingerprint density at radius 3 is 2.50 bits per heavy atom. The first-order chi connectivity index (χ1) is 8.35. The van der Waals surface area contributed by atoms with Crippen LogP contribution in [0.3, 0.4) is 0 Å². The van der Waals surface area contributed by atoms with E-state index in [0.717, 1.165) is 0 Å². The summed E-state index contributed by atoms with van der Waals surface area (Å²) >= 11 is 0. The number of amides is 1. The molecule has 0 spiro atoms. The van der Waals surface area contributed by atoms with E-state index in [2.05, 4.69) is 4.99 Å². The molecule has 1 aromatic carbocycles. The summed E-state index contributed by atoms with van der Waals surface area (Å²) in [6, 6.07) is 6.48. The van der Waals surface area contributed by atoms with Crippen LogP contribution in [0.15, 0.2) is 29.3 Å². The second-order valence-corrected chi connectivity index (χ2v) is 5.17. The Labute approximate surface area is 105 Å². The van der Waals surface area contributed by atoms with Gasteiger partial charge in [-0.15, -0.1) is 0 Å². The molecular formula is C13H16FN3O. The highest BCUT2D eigenvalue weighted by molar-refractivity contribution is 5.95. The highest BCUT2D eigenvalue weighted by Gasteiger charge is 2.63. The van der Waals surface area contributed by atoms with Gasteiger partial charge in [0.2, 0.25) is 0 Å². The lowest BCUT2D eigenvalue weighted by Gasteiger charge is -2.03. The second-order valence-electron chi connectivity index (χ2n) is 5.17. The van der Waals surface area contributed by atoms with Gasteiger partial charge in [0.05, 0.1) is 5.92 Å². The molecule has 2 atom stereocenters. The molecule has 96 valence electrons. The standard InChI is InChI=1S/C13H16FN3O/c1-13(2)9(7-5-3-4-6-8(7)14)10(13)11(18)17-12(15)16/h3-6,9-10H,1-2H3,(H4,15,16,17,18). The van der Waals surface area contributed by atoms with Crippen LogP contribution in [-0.2, 0) is 4.79 Å². The van der Waals surface area contributed by atoms with Gasteiger partial charge < -0.3 is 11.5 Å². The van der Waals surface area contributed by atoms with Crippen LogP contribution in [0.2, 0.25) is 0 Å². The number of nitrogens with zero attached hydrogens (tertiary/aromatic N) is 1. The van der Waals surface area contributed by atoms with Crippen molar-refractivity contribution in [2.24, 2.45) is 27.8 Å². The Balaban J connectivity index is 2.30. The van der Waals surface area contributed by atoms with E-state index in [1.807, 2.05) is 13.8 Å². The topological polar surface area (TPSA) is 81.5 Å². The number of carbonyl (C=O) groups is 1. The maximum atomic E-state index is 13.7. The molecule has 18 heavy (non-hydrogen) atoms. The minimum Gasteiger partial charge on any atom is -0.370 e. The molecule has 2 rings (SSSR count). The summed E-state index contributed by atoms with van der Waals surface area (Å²) < 4.78 is 13.7. The minimum atomic E-state index is -0.381. The van der Waals surface area contributed by atoms with Crippen molar-refractivity contribution in [2.45, 2.75) is 19.8 Å². The van der Waals surface area contributed by atoms with Gasteiger partial charge in [-0.05, 0) is 17.0 Å². The van der Waals surface area contributed by atoms with Gasteiger partial charge in [0, 0.05) is 5.92 Å². The maximum Gasteiger partial charge on any atom is 0.253 e. The molecular weight excluding hydrogens is 233 g/mol. The SMILES string of the molecule is CC1(C)C(C(=O)N=C(N)N)C1c1ccccc1F. The molecule has 1 saturated carbocycles. The number of guanidine groups is 1. The van der Waals surface area contributed by atoms with Crippen LogP contribution < -0.4 is 11.5 Å². The third-order valence-electron chi connectivity index (χ3n) is 3.57. The van der Waals surface area contributed by atoms with Crippen LogP contribution in [0, 0.1) is 17.2 Å². The third-order valence-corrected chi connectivity index (χ3v) is 3.57. The van der Waals surface area contributed by atoms with Gasteiger partial charge in [0.1, 0.15) is 5.82 Å². The number of hydrogen-bond donors (Lipinski definition) is 2. The first kappa shape index (κ1) is 12.5. The van der Waals surface area contributed by atoms with Crippen LogP contribution in [0.1, 0.15) is 25.3 Å². The average Bonchev–Trinajstić information content (AvgIpc) is 2.81. The molecule has 0 bridgehead atoms. The summed E-state index contributed by atoms with van der Waals surface area (Å²) in [7, 11) is 0. The lowest BCUT2D eigenvalue weighted by atomic mass is 10.0. The van der Waals surface area contributed by atoms with Crippen molar-refractivity contribution >= 4 is 11.9 Å². The summed E-state index contributed by atoms with van der Waals surface area (Å²) in [5.74, 6) is -1.47. The zero-order chi connectivity index (χ0) is 13.5. The zero-order valence-electron chi connectivity index (χ0n) is 10.4. The molecule has 1 aliphatic rings. The summed E-state index contributed by atoms with van der Waals surface area (Å²) in [6.07, 6.45) is 0. The smallest absolute Gasteiger partial charge is 0.253 e. The number of aliphatic imine (C=N–C) groups is 1. The van der Waals surface area contributed by atoms with Crippen LogP contribution in [0.4, 0.5) is 4.39 Å². The largest absolute Gasteiger partial charge is 0.370 e. The van der Waals surface area contributed by atoms with Crippen LogP contribution in [-0.4, -0.2) is 11.9 Å². The minimum absolute atomic E-state index is 0.172. The molecule has 4 nitrogen and oxygen atoms in total. The van der Waals surface area contributed by atoms with Gasteiger partial charge in [0.15, 0.2) is 5.96 Å². The van der Waals surface area contributed by atoms with Crippen molar-refractivity contribution in [2.75, 3.05) is 0 Å². The van der Waals surface area contributed by atoms with Gasteiger partial charge in [-0.2, -0.15) is 4.99 Å². The van der Waals surface area contributed by atoms with Crippen LogP contribution in [0.25, 0.3) is 0 Å². The molecule has 1 aliphatic carbocycles. The molecule has 4 N–H and O–H groups in total. The van der Waals surface area contributed by atoms with Gasteiger partial charge >= 0.3 is 0 Å². The first-order valence-electron chi connectivity index (χ1n) is 5.73. The normalized spacial score (nSPS) is 24.4. The fourth-order valence-electron chi connectivity index (χ4n) is 2.60. The number of nitrogens with two attached hydrogens (primary N) is 2. The Kier molecular flexibility index (Phi) is 2.84. The van der Waals surface area contributed by atoms with E-state index >= 15 is 0 Å². The van der Waals surface area contributed by atoms with Crippen molar-refractivity contribution in [3.8, 4) is 0 Å². The van der Waals surface area contributed by atoms with E-state index in [1.54, 1.807) is 18.2 Å².